The van der Waals surface area contributed by atoms with Crippen LogP contribution in [-0.4, -0.2) is 51.6 Å². The Morgan fingerprint density at radius 3 is 2.73 bits per heavy atom. The molecule has 1 saturated carbocycles. The number of anilines is 3. The van der Waals surface area contributed by atoms with E-state index in [1.54, 1.807) is 0 Å². The summed E-state index contributed by atoms with van der Waals surface area (Å²) in [6.45, 7) is -4.13. The second kappa shape index (κ2) is 8.56. The number of imidazole rings is 1. The second-order valence-electron chi connectivity index (χ2n) is 7.32. The van der Waals surface area contributed by atoms with E-state index in [4.69, 9.17) is 8.85 Å². The molecule has 13 heteroatoms. The fourth-order valence-electron chi connectivity index (χ4n) is 3.21. The highest BCUT2D eigenvalue weighted by atomic mass is 19.4. The average Bonchev–Trinajstić information content (AvgIpc) is 3.54. The summed E-state index contributed by atoms with van der Waals surface area (Å²) in [6, 6.07) is 1.28. The highest BCUT2D eigenvalue weighted by molar-refractivity contribution is 6.01. The van der Waals surface area contributed by atoms with Crippen LogP contribution in [0.2, 0.25) is 0 Å². The largest absolute Gasteiger partial charge is 0.491 e. The number of pyridine rings is 2. The van der Waals surface area contributed by atoms with E-state index >= 15 is 0 Å². The van der Waals surface area contributed by atoms with Gasteiger partial charge in [0, 0.05) is 29.3 Å². The number of halogens is 3. The van der Waals surface area contributed by atoms with Gasteiger partial charge < -0.3 is 25.3 Å². The number of hydrogen-bond donors (Lipinski definition) is 3. The van der Waals surface area contributed by atoms with Gasteiger partial charge >= 0.3 is 6.18 Å². The monoisotopic (exact) mass is 466 g/mol. The van der Waals surface area contributed by atoms with E-state index in [9.17, 15) is 22.8 Å². The maximum atomic E-state index is 13.1. The van der Waals surface area contributed by atoms with Crippen molar-refractivity contribution in [3.63, 3.8) is 0 Å². The first-order chi connectivity index (χ1) is 16.8. The third kappa shape index (κ3) is 4.81. The molecule has 3 N–H and O–H groups in total. The molecule has 3 aromatic rings. The Kier molecular flexibility index (Phi) is 4.84. The molecule has 0 aromatic carbocycles. The lowest BCUT2D eigenvalue weighted by atomic mass is 10.2. The van der Waals surface area contributed by atoms with Crippen LogP contribution in [0.15, 0.2) is 24.8 Å². The number of hydrogen-bond acceptors (Lipinski definition) is 7. The van der Waals surface area contributed by atoms with Gasteiger partial charge in [0.05, 0.1) is 30.9 Å². The maximum Gasteiger partial charge on any atom is 0.406 e. The molecule has 3 aromatic heterocycles. The molecule has 0 unspecified atom stereocenters. The molecular formula is C20H20F3N7O3. The molecule has 2 amide bonds. The fourth-order valence-corrected chi connectivity index (χ4v) is 3.21. The number of methoxy groups -OCH3 is 1. The molecule has 0 spiro atoms. The Morgan fingerprint density at radius 2 is 2.06 bits per heavy atom. The zero-order valence-corrected chi connectivity index (χ0v) is 17.2. The van der Waals surface area contributed by atoms with Gasteiger partial charge in [-0.25, -0.2) is 15.0 Å². The van der Waals surface area contributed by atoms with E-state index < -0.39 is 25.6 Å². The van der Waals surface area contributed by atoms with Crippen LogP contribution < -0.4 is 20.7 Å². The number of aromatic nitrogens is 4. The molecule has 0 radical (unpaired) electrons. The summed E-state index contributed by atoms with van der Waals surface area (Å²) >= 11 is 0. The van der Waals surface area contributed by atoms with Crippen LogP contribution in [0.5, 0.6) is 5.75 Å². The predicted molar refractivity (Wildman–Crippen MR) is 112 cm³/mol. The van der Waals surface area contributed by atoms with E-state index in [2.05, 4.69) is 25.6 Å². The number of nitrogens with zero attached hydrogens (tertiary/aromatic N) is 4. The summed E-state index contributed by atoms with van der Waals surface area (Å²) in [7, 11) is 1.22. The highest BCUT2D eigenvalue weighted by Gasteiger charge is 2.31. The van der Waals surface area contributed by atoms with Crippen LogP contribution in [0.25, 0.3) is 11.0 Å². The minimum Gasteiger partial charge on any atom is -0.491 e. The van der Waals surface area contributed by atoms with Crippen LogP contribution in [0.3, 0.4) is 0 Å². The number of ether oxygens (including phenoxy) is 1. The zero-order chi connectivity index (χ0) is 26.3. The average molecular weight is 466 g/mol. The Labute approximate surface area is 189 Å². The third-order valence-corrected chi connectivity index (χ3v) is 4.88. The summed E-state index contributed by atoms with van der Waals surface area (Å²) < 4.78 is 67.2. The van der Waals surface area contributed by atoms with Gasteiger partial charge in [-0.3, -0.25) is 9.59 Å². The molecule has 1 aliphatic rings. The fraction of sp³-hybridized carbons (Fsp3) is 0.350. The van der Waals surface area contributed by atoms with E-state index in [0.717, 1.165) is 29.9 Å². The quantitative estimate of drug-likeness (QED) is 0.489. The van der Waals surface area contributed by atoms with Crippen molar-refractivity contribution >= 4 is 40.2 Å². The van der Waals surface area contributed by atoms with Gasteiger partial charge in [-0.05, 0) is 12.8 Å². The number of fused-ring (bicyclic) bond motifs is 1. The summed E-state index contributed by atoms with van der Waals surface area (Å²) in [5, 5.41) is 7.25. The van der Waals surface area contributed by atoms with Gasteiger partial charge in [0.15, 0.2) is 11.6 Å². The van der Waals surface area contributed by atoms with Crippen LogP contribution in [0.4, 0.5) is 30.5 Å². The standard InChI is InChI=1S/C20H20F3N7O3/c1-24-19(32)11-6-25-14(29-18(31)10-3-4-10)5-12(11)28-17-16(33-2)15-13(7-26-17)27-9-30(15)8-20(21,22)23/h5-7,9-10H,3-4,8H2,1-2H3,(H,24,32)(H2,25,26,28,29,31)/i1D3. The molecule has 4 rings (SSSR count). The molecule has 0 bridgehead atoms. The molecule has 0 saturated heterocycles. The summed E-state index contributed by atoms with van der Waals surface area (Å²) in [5.41, 5.74) is -0.112. The minimum absolute atomic E-state index is 0.00265. The molecule has 1 fully saturated rings. The van der Waals surface area contributed by atoms with Gasteiger partial charge in [0.2, 0.25) is 5.91 Å². The van der Waals surface area contributed by atoms with Gasteiger partial charge in [0.25, 0.3) is 5.91 Å². The van der Waals surface area contributed by atoms with Crippen molar-refractivity contribution in [3.05, 3.63) is 30.4 Å². The third-order valence-electron chi connectivity index (χ3n) is 4.88. The number of carbonyl (C=O) groups excluding carboxylic acids is 2. The first-order valence-electron chi connectivity index (χ1n) is 11.2. The van der Waals surface area contributed by atoms with Crippen molar-refractivity contribution in [1.82, 2.24) is 24.8 Å². The van der Waals surface area contributed by atoms with Crippen molar-refractivity contribution in [2.75, 3.05) is 24.7 Å². The Hall–Kier alpha value is -3.90. The number of rotatable bonds is 7. The zero-order valence-electron chi connectivity index (χ0n) is 20.2. The lowest BCUT2D eigenvalue weighted by molar-refractivity contribution is -0.140. The summed E-state index contributed by atoms with van der Waals surface area (Å²) in [4.78, 5) is 36.9. The van der Waals surface area contributed by atoms with Gasteiger partial charge in [-0.1, -0.05) is 0 Å². The van der Waals surface area contributed by atoms with E-state index in [0.29, 0.717) is 0 Å². The number of nitrogens with one attached hydrogen (secondary N) is 3. The van der Waals surface area contributed by atoms with Gasteiger partial charge in [0.1, 0.15) is 23.4 Å². The van der Waals surface area contributed by atoms with Crippen molar-refractivity contribution in [2.45, 2.75) is 25.6 Å². The number of alkyl halides is 3. The SMILES string of the molecule is [2H]C([2H])([2H])NC(=O)c1cnc(NC(=O)C2CC2)cc1Nc1ncc2ncn(CC(F)(F)F)c2c1OC. The molecule has 1 aliphatic carbocycles. The smallest absolute Gasteiger partial charge is 0.406 e. The molecule has 10 nitrogen and oxygen atoms in total. The minimum atomic E-state index is -4.53. The lowest BCUT2D eigenvalue weighted by Crippen LogP contribution is -2.21. The van der Waals surface area contributed by atoms with Crippen LogP contribution in [-0.2, 0) is 11.3 Å². The first-order valence-corrected chi connectivity index (χ1v) is 9.69. The van der Waals surface area contributed by atoms with Crippen LogP contribution in [0.1, 0.15) is 27.3 Å². The maximum absolute atomic E-state index is 13.1. The Balaban J connectivity index is 1.75. The van der Waals surface area contributed by atoms with E-state index in [-0.39, 0.29) is 51.5 Å². The summed E-state index contributed by atoms with van der Waals surface area (Å²) in [6.07, 6.45) is 0.220. The Morgan fingerprint density at radius 1 is 1.27 bits per heavy atom. The number of carbonyl (C=O) groups is 2. The number of amides is 2. The summed E-state index contributed by atoms with van der Waals surface area (Å²) in [5.74, 6) is -1.52. The van der Waals surface area contributed by atoms with Gasteiger partial charge in [-0.2, -0.15) is 13.2 Å². The van der Waals surface area contributed by atoms with Crippen LogP contribution in [0, 0.1) is 5.92 Å². The molecule has 33 heavy (non-hydrogen) atoms. The molecule has 0 aliphatic heterocycles. The molecule has 0 atom stereocenters. The normalized spacial score (nSPS) is 15.3. The topological polar surface area (TPSA) is 123 Å². The molecule has 174 valence electrons. The van der Waals surface area contributed by atoms with Crippen LogP contribution >= 0.6 is 0 Å². The highest BCUT2D eigenvalue weighted by Crippen LogP contribution is 2.36. The van der Waals surface area contributed by atoms with Crippen molar-refractivity contribution < 1.29 is 31.6 Å². The Bertz CT molecular complexity index is 1320. The first kappa shape index (κ1) is 18.7. The van der Waals surface area contributed by atoms with Gasteiger partial charge in [-0.15, -0.1) is 0 Å². The molecular weight excluding hydrogens is 443 g/mol. The molecule has 3 heterocycles. The van der Waals surface area contributed by atoms with Crippen molar-refractivity contribution in [3.8, 4) is 5.75 Å². The van der Waals surface area contributed by atoms with Crippen molar-refractivity contribution in [1.29, 1.82) is 0 Å². The van der Waals surface area contributed by atoms with Crippen molar-refractivity contribution in [2.24, 2.45) is 5.92 Å². The van der Waals surface area contributed by atoms with E-state index in [1.165, 1.54) is 19.4 Å². The second-order valence-corrected chi connectivity index (χ2v) is 7.32. The van der Waals surface area contributed by atoms with E-state index in [1.807, 2.05) is 5.32 Å². The predicted octanol–water partition coefficient (Wildman–Crippen LogP) is 2.85. The lowest BCUT2D eigenvalue weighted by Gasteiger charge is -2.16.